The topological polar surface area (TPSA) is 38.5 Å². The van der Waals surface area contributed by atoms with Gasteiger partial charge in [-0.15, -0.1) is 0 Å². The highest BCUT2D eigenvalue weighted by Crippen LogP contribution is 2.46. The third kappa shape index (κ3) is 6.42. The van der Waals surface area contributed by atoms with E-state index in [0.29, 0.717) is 0 Å². The molecule has 3 unspecified atom stereocenters. The fourth-order valence-electron chi connectivity index (χ4n) is 8.10. The number of rotatable bonds is 8. The van der Waals surface area contributed by atoms with Gasteiger partial charge in [-0.1, -0.05) is 160 Å². The van der Waals surface area contributed by atoms with Gasteiger partial charge in [-0.3, -0.25) is 4.90 Å². The quantitative estimate of drug-likeness (QED) is 0.151. The second-order valence-corrected chi connectivity index (χ2v) is 16.7. The van der Waals surface area contributed by atoms with Crippen molar-refractivity contribution in [2.45, 2.75) is 70.1 Å². The van der Waals surface area contributed by atoms with Gasteiger partial charge in [0.05, 0.1) is 12.1 Å². The highest BCUT2D eigenvalue weighted by atomic mass is 28.3. The Labute approximate surface area is 298 Å². The number of aromatic nitrogens is 1. The summed E-state index contributed by atoms with van der Waals surface area (Å²) in [6.07, 6.45) is 4.08. The maximum Gasteiger partial charge on any atom is 0.283 e. The molecule has 5 heteroatoms. The molecule has 0 bridgehead atoms. The number of hydrogen-bond acceptors (Lipinski definition) is 4. The van der Waals surface area contributed by atoms with Crippen LogP contribution >= 0.6 is 0 Å². The number of likely N-dealkylation sites (tertiary alicyclic amines) is 1. The zero-order chi connectivity index (χ0) is 34.1. The van der Waals surface area contributed by atoms with Crippen molar-refractivity contribution >= 4 is 19.4 Å². The normalized spacial score (nSPS) is 19.5. The fraction of sp³-hybridized carbons (Fsp3) is 0.267. The van der Waals surface area contributed by atoms with Crippen LogP contribution in [0.15, 0.2) is 144 Å². The van der Waals surface area contributed by atoms with Crippen LogP contribution in [0.1, 0.15) is 74.8 Å². The van der Waals surface area contributed by atoms with Crippen LogP contribution in [-0.2, 0) is 16.3 Å². The molecular weight excluding hydrogens is 629 g/mol. The minimum atomic E-state index is -1.57. The van der Waals surface area contributed by atoms with Gasteiger partial charge in [0, 0.05) is 17.2 Å². The first-order valence-electron chi connectivity index (χ1n) is 18.1. The molecule has 6 aromatic rings. The molecule has 2 aliphatic rings. The van der Waals surface area contributed by atoms with Crippen LogP contribution in [0.25, 0.3) is 22.6 Å². The van der Waals surface area contributed by atoms with E-state index in [-0.39, 0.29) is 23.6 Å². The highest BCUT2D eigenvalue weighted by Gasteiger charge is 2.44. The molecule has 1 aliphatic carbocycles. The van der Waals surface area contributed by atoms with Crippen molar-refractivity contribution in [2.75, 3.05) is 6.54 Å². The number of nitrogens with zero attached hydrogens (tertiary/aromatic N) is 2. The van der Waals surface area contributed by atoms with E-state index in [1.54, 1.807) is 0 Å². The molecule has 4 nitrogen and oxygen atoms in total. The summed E-state index contributed by atoms with van der Waals surface area (Å²) in [6.45, 7) is 8.00. The van der Waals surface area contributed by atoms with Crippen molar-refractivity contribution in [3.05, 3.63) is 162 Å². The fourth-order valence-corrected chi connectivity index (χ4v) is 10.2. The van der Waals surface area contributed by atoms with Gasteiger partial charge >= 0.3 is 0 Å². The molecule has 50 heavy (non-hydrogen) atoms. The Bertz CT molecular complexity index is 1930. The summed E-state index contributed by atoms with van der Waals surface area (Å²) in [6, 6.07) is 49.8. The molecule has 1 aliphatic heterocycles. The van der Waals surface area contributed by atoms with Gasteiger partial charge in [0.15, 0.2) is 5.76 Å². The van der Waals surface area contributed by atoms with Crippen LogP contribution in [0, 0.1) is 0 Å². The highest BCUT2D eigenvalue weighted by molar-refractivity contribution is 6.80. The molecule has 1 aromatic heterocycles. The monoisotopic (exact) mass is 673 g/mol. The Balaban J connectivity index is 1.22. The van der Waals surface area contributed by atoms with E-state index in [1.165, 1.54) is 27.1 Å². The largest absolute Gasteiger partial charge is 0.438 e. The van der Waals surface area contributed by atoms with Gasteiger partial charge in [0.2, 0.25) is 5.89 Å². The summed E-state index contributed by atoms with van der Waals surface area (Å²) in [5, 5.41) is 2.54. The van der Waals surface area contributed by atoms with Gasteiger partial charge in [-0.05, 0) is 64.7 Å². The van der Waals surface area contributed by atoms with Gasteiger partial charge in [0.1, 0.15) is 5.69 Å². The lowest BCUT2D eigenvalue weighted by Gasteiger charge is -2.43. The first-order chi connectivity index (χ1) is 24.5. The van der Waals surface area contributed by atoms with Gasteiger partial charge in [-0.25, -0.2) is 4.98 Å². The Hall–Kier alpha value is -4.55. The molecule has 0 amide bonds. The summed E-state index contributed by atoms with van der Waals surface area (Å²) >= 11 is 0. The second kappa shape index (κ2) is 14.0. The van der Waals surface area contributed by atoms with E-state index in [4.69, 9.17) is 13.8 Å². The lowest BCUT2D eigenvalue weighted by molar-refractivity contribution is 0.0390. The molecule has 0 N–H and O–H groups in total. The van der Waals surface area contributed by atoms with Crippen molar-refractivity contribution in [2.24, 2.45) is 0 Å². The van der Waals surface area contributed by atoms with Crippen molar-refractivity contribution < 1.29 is 8.84 Å². The molecule has 1 saturated heterocycles. The smallest absolute Gasteiger partial charge is 0.283 e. The third-order valence-electron chi connectivity index (χ3n) is 10.4. The Kier molecular flexibility index (Phi) is 9.13. The van der Waals surface area contributed by atoms with Crippen LogP contribution < -0.4 is 10.4 Å². The van der Waals surface area contributed by atoms with Crippen LogP contribution in [0.3, 0.4) is 0 Å². The summed E-state index contributed by atoms with van der Waals surface area (Å²) in [5.41, 5.74) is 7.33. The molecule has 0 spiro atoms. The van der Waals surface area contributed by atoms with Gasteiger partial charge < -0.3 is 8.84 Å². The first kappa shape index (κ1) is 32.6. The van der Waals surface area contributed by atoms with Crippen molar-refractivity contribution in [3.8, 4) is 22.6 Å². The first-order valence-corrected chi connectivity index (χ1v) is 19.5. The SMILES string of the molecule is CC(C)(C)c1cccc2c1CCC(N1CCCC1c1nc(-c3ccccc3)c(-c3ccccc3)o1)C2O[Si](c1ccccc1)c1ccccc1. The number of benzene rings is 5. The van der Waals surface area contributed by atoms with Crippen LogP contribution in [-0.4, -0.2) is 31.5 Å². The average Bonchev–Trinajstić information content (AvgIpc) is 3.83. The van der Waals surface area contributed by atoms with E-state index in [2.05, 4.69) is 159 Å². The van der Waals surface area contributed by atoms with E-state index in [9.17, 15) is 0 Å². The average molecular weight is 674 g/mol. The lowest BCUT2D eigenvalue weighted by atomic mass is 9.75. The van der Waals surface area contributed by atoms with Crippen molar-refractivity contribution in [1.82, 2.24) is 9.88 Å². The number of fused-ring (bicyclic) bond motifs is 1. The molecule has 5 aromatic carbocycles. The number of oxazole rings is 1. The summed E-state index contributed by atoms with van der Waals surface area (Å²) in [5.74, 6) is 1.65. The maximum atomic E-state index is 7.64. The predicted molar refractivity (Wildman–Crippen MR) is 205 cm³/mol. The Morgan fingerprint density at radius 1 is 0.700 bits per heavy atom. The predicted octanol–water partition coefficient (Wildman–Crippen LogP) is 9.32. The summed E-state index contributed by atoms with van der Waals surface area (Å²) in [4.78, 5) is 8.00. The van der Waals surface area contributed by atoms with Crippen molar-refractivity contribution in [1.29, 1.82) is 0 Å². The standard InChI is InChI=1S/C45H45N2O2Si/c1-45(2,3)38-27-16-26-37-36(38)29-30-39(43(37)49-50(34-22-12-6-13-23-34)35-24-14-7-15-25-35)47-31-17-28-40(47)44-46-41(32-18-8-4-9-19-32)42(48-44)33-20-10-5-11-21-33/h4-16,18-27,39-40,43H,17,28-31H2,1-3H3. The molecule has 8 rings (SSSR count). The summed E-state index contributed by atoms with van der Waals surface area (Å²) < 4.78 is 14.5. The van der Waals surface area contributed by atoms with E-state index < -0.39 is 9.04 Å². The minimum absolute atomic E-state index is 0.0469. The maximum absolute atomic E-state index is 7.64. The third-order valence-corrected chi connectivity index (χ3v) is 12.6. The zero-order valence-electron chi connectivity index (χ0n) is 29.3. The van der Waals surface area contributed by atoms with Crippen molar-refractivity contribution in [3.63, 3.8) is 0 Å². The molecule has 251 valence electrons. The molecular formula is C45H45N2O2Si. The zero-order valence-corrected chi connectivity index (χ0v) is 30.3. The Morgan fingerprint density at radius 3 is 1.92 bits per heavy atom. The molecule has 1 radical (unpaired) electrons. The van der Waals surface area contributed by atoms with E-state index in [1.807, 2.05) is 6.07 Å². The number of hydrogen-bond donors (Lipinski definition) is 0. The van der Waals surface area contributed by atoms with E-state index >= 15 is 0 Å². The van der Waals surface area contributed by atoms with Gasteiger partial charge in [-0.2, -0.15) is 0 Å². The summed E-state index contributed by atoms with van der Waals surface area (Å²) in [7, 11) is -1.57. The molecule has 1 fully saturated rings. The minimum Gasteiger partial charge on any atom is -0.438 e. The van der Waals surface area contributed by atoms with Crippen LogP contribution in [0.4, 0.5) is 0 Å². The lowest BCUT2D eigenvalue weighted by Crippen LogP contribution is -2.51. The second-order valence-electron chi connectivity index (χ2n) is 14.7. The molecule has 3 atom stereocenters. The van der Waals surface area contributed by atoms with E-state index in [0.717, 1.165) is 60.7 Å². The Morgan fingerprint density at radius 2 is 1.30 bits per heavy atom. The van der Waals surface area contributed by atoms with Crippen LogP contribution in [0.2, 0.25) is 0 Å². The van der Waals surface area contributed by atoms with Crippen LogP contribution in [0.5, 0.6) is 0 Å². The molecule has 2 heterocycles. The van der Waals surface area contributed by atoms with Gasteiger partial charge in [0.25, 0.3) is 9.04 Å². The molecule has 0 saturated carbocycles.